The molecule has 5 rings (SSSR count). The van der Waals surface area contributed by atoms with E-state index >= 15 is 0 Å². The van der Waals surface area contributed by atoms with E-state index in [4.69, 9.17) is 21.6 Å². The van der Waals surface area contributed by atoms with E-state index in [1.54, 1.807) is 18.2 Å². The number of hydrogen-bond donors (Lipinski definition) is 0. The van der Waals surface area contributed by atoms with E-state index in [9.17, 15) is 4.79 Å². The summed E-state index contributed by atoms with van der Waals surface area (Å²) in [7, 11) is 0. The van der Waals surface area contributed by atoms with Gasteiger partial charge in [-0.25, -0.2) is 4.98 Å². The monoisotopic (exact) mass is 576 g/mol. The number of aliphatic imine (C=N–C) groups is 1. The van der Waals surface area contributed by atoms with Crippen molar-refractivity contribution in [3.8, 4) is 0 Å². The summed E-state index contributed by atoms with van der Waals surface area (Å²) >= 11 is 9.88. The molecule has 1 aromatic heterocycles. The van der Waals surface area contributed by atoms with Crippen molar-refractivity contribution in [2.45, 2.75) is 45.8 Å². The first-order valence-corrected chi connectivity index (χ1v) is 13.7. The van der Waals surface area contributed by atoms with E-state index in [1.807, 2.05) is 47.0 Å². The first-order valence-electron chi connectivity index (χ1n) is 12.5. The van der Waals surface area contributed by atoms with Crippen LogP contribution in [0, 0.1) is 5.92 Å². The number of fused-ring (bicyclic) bond motifs is 1. The Hall–Kier alpha value is -2.96. The lowest BCUT2D eigenvalue weighted by Gasteiger charge is -2.35. The molecule has 0 N–H and O–H groups in total. The second-order valence-electron chi connectivity index (χ2n) is 10.6. The average Bonchev–Trinajstić information content (AvgIpc) is 3.17. The maximum absolute atomic E-state index is 13.9. The molecule has 1 unspecified atom stereocenters. The lowest BCUT2D eigenvalue weighted by molar-refractivity contribution is 0.225. The quantitative estimate of drug-likeness (QED) is 0.246. The Morgan fingerprint density at radius 3 is 2.41 bits per heavy atom. The summed E-state index contributed by atoms with van der Waals surface area (Å²) in [5, 5.41) is 1.13. The van der Waals surface area contributed by atoms with Crippen LogP contribution in [0.4, 0.5) is 0 Å². The predicted octanol–water partition coefficient (Wildman–Crippen LogP) is 7.10. The van der Waals surface area contributed by atoms with Gasteiger partial charge in [-0.3, -0.25) is 14.4 Å². The lowest BCUT2D eigenvalue weighted by Crippen LogP contribution is -2.42. The van der Waals surface area contributed by atoms with Gasteiger partial charge in [-0.05, 0) is 55.7 Å². The van der Waals surface area contributed by atoms with Crippen LogP contribution in [0.3, 0.4) is 0 Å². The highest BCUT2D eigenvalue weighted by Gasteiger charge is 2.39. The van der Waals surface area contributed by atoms with Crippen molar-refractivity contribution < 1.29 is 0 Å². The number of nitrogens with zero attached hydrogens (tertiary/aromatic N) is 4. The Morgan fingerprint density at radius 1 is 1.03 bits per heavy atom. The number of hydrogen-bond acceptors (Lipinski definition) is 4. The normalized spacial score (nSPS) is 15.9. The summed E-state index contributed by atoms with van der Waals surface area (Å²) in [6.07, 6.45) is 0. The van der Waals surface area contributed by atoms with Gasteiger partial charge < -0.3 is 4.90 Å². The van der Waals surface area contributed by atoms with E-state index < -0.39 is 0 Å². The van der Waals surface area contributed by atoms with E-state index in [0.717, 1.165) is 33.8 Å². The topological polar surface area (TPSA) is 50.5 Å². The molecule has 0 aliphatic carbocycles. The highest BCUT2D eigenvalue weighted by atomic mass is 79.9. The van der Waals surface area contributed by atoms with Crippen molar-refractivity contribution in [3.63, 3.8) is 0 Å². The molecule has 1 atom stereocenters. The molecule has 0 saturated carbocycles. The summed E-state index contributed by atoms with van der Waals surface area (Å²) in [4.78, 5) is 26.5. The molecule has 5 nitrogen and oxygen atoms in total. The molecule has 190 valence electrons. The summed E-state index contributed by atoms with van der Waals surface area (Å²) in [6, 6.07) is 23.4. The standard InChI is InChI=1S/C30H30BrClN4O/c1-19(2)26(36-18-30(3,4)34-27(36)21-10-12-22(31)13-11-21)28-33-25-16-23(32)14-15-24(25)29(37)35(28)17-20-8-6-5-7-9-20/h5-16,19,26H,17-18H2,1-4H3. The summed E-state index contributed by atoms with van der Waals surface area (Å²) < 4.78 is 2.85. The second-order valence-corrected chi connectivity index (χ2v) is 11.9. The van der Waals surface area contributed by atoms with Gasteiger partial charge in [-0.1, -0.05) is 83.8 Å². The Kier molecular flexibility index (Phi) is 6.99. The molecular formula is C30H30BrClN4O. The molecular weight excluding hydrogens is 548 g/mol. The largest absolute Gasteiger partial charge is 0.344 e. The van der Waals surface area contributed by atoms with E-state index in [0.29, 0.717) is 22.5 Å². The molecule has 1 aliphatic heterocycles. The fourth-order valence-electron chi connectivity index (χ4n) is 5.09. The molecule has 0 saturated heterocycles. The van der Waals surface area contributed by atoms with Crippen LogP contribution >= 0.6 is 27.5 Å². The van der Waals surface area contributed by atoms with Crippen LogP contribution in [0.25, 0.3) is 10.9 Å². The molecule has 1 aliphatic rings. The molecule has 7 heteroatoms. The highest BCUT2D eigenvalue weighted by molar-refractivity contribution is 9.10. The SMILES string of the molecule is CC(C)C(c1nc2cc(Cl)ccc2c(=O)n1Cc1ccccc1)N1CC(C)(C)N=C1c1ccc(Br)cc1. The summed E-state index contributed by atoms with van der Waals surface area (Å²) in [5.41, 5.74) is 2.36. The molecule has 0 radical (unpaired) electrons. The molecule has 0 amide bonds. The molecule has 0 bridgehead atoms. The molecule has 0 fully saturated rings. The van der Waals surface area contributed by atoms with Crippen LogP contribution in [-0.2, 0) is 6.54 Å². The first kappa shape index (κ1) is 25.7. The zero-order chi connectivity index (χ0) is 26.3. The van der Waals surface area contributed by atoms with Crippen molar-refractivity contribution in [2.75, 3.05) is 6.54 Å². The smallest absolute Gasteiger partial charge is 0.261 e. The Morgan fingerprint density at radius 2 is 1.73 bits per heavy atom. The minimum absolute atomic E-state index is 0.0632. The van der Waals surface area contributed by atoms with Gasteiger partial charge in [0.05, 0.1) is 29.0 Å². The second kappa shape index (κ2) is 10.1. The van der Waals surface area contributed by atoms with Crippen molar-refractivity contribution in [1.29, 1.82) is 0 Å². The summed E-state index contributed by atoms with van der Waals surface area (Å²) in [5.74, 6) is 1.80. The minimum Gasteiger partial charge on any atom is -0.344 e. The predicted molar refractivity (Wildman–Crippen MR) is 156 cm³/mol. The zero-order valence-electron chi connectivity index (χ0n) is 21.5. The zero-order valence-corrected chi connectivity index (χ0v) is 23.8. The molecule has 2 heterocycles. The van der Waals surface area contributed by atoms with Gasteiger partial charge >= 0.3 is 0 Å². The van der Waals surface area contributed by atoms with Gasteiger partial charge in [0.1, 0.15) is 11.7 Å². The number of rotatable bonds is 6. The Balaban J connectivity index is 1.72. The van der Waals surface area contributed by atoms with Gasteiger partial charge in [-0.15, -0.1) is 0 Å². The van der Waals surface area contributed by atoms with E-state index in [1.165, 1.54) is 0 Å². The van der Waals surface area contributed by atoms with E-state index in [2.05, 4.69) is 60.7 Å². The number of amidine groups is 1. The van der Waals surface area contributed by atoms with Gasteiger partial charge in [0.2, 0.25) is 0 Å². The highest BCUT2D eigenvalue weighted by Crippen LogP contribution is 2.36. The van der Waals surface area contributed by atoms with Crippen molar-refractivity contribution in [2.24, 2.45) is 10.9 Å². The fraction of sp³-hybridized carbons (Fsp3) is 0.300. The third-order valence-corrected chi connectivity index (χ3v) is 7.47. The Bertz CT molecular complexity index is 1530. The number of halogens is 2. The first-order chi connectivity index (χ1) is 17.6. The fourth-order valence-corrected chi connectivity index (χ4v) is 5.52. The van der Waals surface area contributed by atoms with Crippen molar-refractivity contribution in [3.05, 3.63) is 110 Å². The summed E-state index contributed by atoms with van der Waals surface area (Å²) in [6.45, 7) is 9.80. The molecule has 37 heavy (non-hydrogen) atoms. The van der Waals surface area contributed by atoms with Gasteiger partial charge in [0.25, 0.3) is 5.56 Å². The van der Waals surface area contributed by atoms with Crippen LogP contribution in [0.1, 0.15) is 50.7 Å². The lowest BCUT2D eigenvalue weighted by atomic mass is 9.98. The third kappa shape index (κ3) is 5.23. The minimum atomic E-state index is -0.278. The molecule has 0 spiro atoms. The van der Waals surface area contributed by atoms with Crippen LogP contribution < -0.4 is 5.56 Å². The molecule has 3 aromatic carbocycles. The average molecular weight is 578 g/mol. The van der Waals surface area contributed by atoms with E-state index in [-0.39, 0.29) is 23.1 Å². The van der Waals surface area contributed by atoms with Gasteiger partial charge in [-0.2, -0.15) is 0 Å². The van der Waals surface area contributed by atoms with Crippen molar-refractivity contribution in [1.82, 2.24) is 14.5 Å². The van der Waals surface area contributed by atoms with Gasteiger partial charge in [0, 0.05) is 21.6 Å². The number of aromatic nitrogens is 2. The van der Waals surface area contributed by atoms with Crippen LogP contribution in [-0.4, -0.2) is 32.4 Å². The van der Waals surface area contributed by atoms with Crippen LogP contribution in [0.2, 0.25) is 5.02 Å². The Labute approximate surface area is 231 Å². The van der Waals surface area contributed by atoms with Crippen LogP contribution in [0.5, 0.6) is 0 Å². The third-order valence-electron chi connectivity index (χ3n) is 6.70. The van der Waals surface area contributed by atoms with Crippen LogP contribution in [0.15, 0.2) is 87.1 Å². The maximum atomic E-state index is 13.9. The molecule has 4 aromatic rings. The van der Waals surface area contributed by atoms with Crippen molar-refractivity contribution >= 4 is 44.3 Å². The number of benzene rings is 3. The maximum Gasteiger partial charge on any atom is 0.261 e. The van der Waals surface area contributed by atoms with Gasteiger partial charge in [0.15, 0.2) is 0 Å².